The zero-order valence-corrected chi connectivity index (χ0v) is 21.2. The first-order valence-electron chi connectivity index (χ1n) is 12.4. The molecule has 0 aliphatic heterocycles. The summed E-state index contributed by atoms with van der Waals surface area (Å²) in [4.78, 5) is 32.1. The molecule has 1 aliphatic carbocycles. The minimum absolute atomic E-state index is 0.00379. The fraction of sp³-hybridized carbons (Fsp3) is 0.379. The van der Waals surface area contributed by atoms with Crippen molar-refractivity contribution in [1.82, 2.24) is 9.80 Å². The smallest absolute Gasteiger partial charge is 0.242 e. The van der Waals surface area contributed by atoms with Gasteiger partial charge in [0.25, 0.3) is 0 Å². The van der Waals surface area contributed by atoms with Crippen molar-refractivity contribution in [3.05, 3.63) is 88.1 Å². The molecule has 5 nitrogen and oxygen atoms in total. The molecule has 4 rings (SSSR count). The van der Waals surface area contributed by atoms with Gasteiger partial charge in [-0.3, -0.25) is 9.59 Å². The van der Waals surface area contributed by atoms with Crippen LogP contribution in [-0.4, -0.2) is 41.3 Å². The normalized spacial score (nSPS) is 13.9. The van der Waals surface area contributed by atoms with Crippen LogP contribution in [0.25, 0.3) is 0 Å². The summed E-state index contributed by atoms with van der Waals surface area (Å²) < 4.78 is 5.24. The van der Waals surface area contributed by atoms with Gasteiger partial charge in [-0.15, -0.1) is 11.3 Å². The Bertz CT molecular complexity index is 1060. The summed E-state index contributed by atoms with van der Waals surface area (Å²) in [6, 6.07) is 21.9. The number of benzene rings is 2. The molecule has 0 spiro atoms. The molecule has 1 heterocycles. The van der Waals surface area contributed by atoms with Gasteiger partial charge in [0, 0.05) is 17.5 Å². The van der Waals surface area contributed by atoms with Crippen LogP contribution in [0.4, 0.5) is 0 Å². The predicted molar refractivity (Wildman–Crippen MR) is 140 cm³/mol. The number of hydrogen-bond donors (Lipinski definition) is 0. The zero-order chi connectivity index (χ0) is 24.5. The maximum Gasteiger partial charge on any atom is 0.242 e. The SMILES string of the molecule is COc1ccc(CC(=O)N(CC(=O)N(Cc2ccccc2)Cc2cccs2)C2CCCCC2)cc1. The van der Waals surface area contributed by atoms with E-state index in [1.54, 1.807) is 18.4 Å². The van der Waals surface area contributed by atoms with Crippen molar-refractivity contribution < 1.29 is 14.3 Å². The minimum atomic E-state index is -0.00379. The Kier molecular flexibility index (Phi) is 8.96. The van der Waals surface area contributed by atoms with Crippen LogP contribution in [0.3, 0.4) is 0 Å². The van der Waals surface area contributed by atoms with Gasteiger partial charge in [0.15, 0.2) is 0 Å². The largest absolute Gasteiger partial charge is 0.497 e. The van der Waals surface area contributed by atoms with E-state index in [1.165, 1.54) is 6.42 Å². The number of ether oxygens (including phenoxy) is 1. The summed E-state index contributed by atoms with van der Waals surface area (Å²) in [5.41, 5.74) is 2.02. The monoisotopic (exact) mass is 490 g/mol. The van der Waals surface area contributed by atoms with E-state index in [0.717, 1.165) is 47.4 Å². The molecule has 184 valence electrons. The molecule has 2 amide bonds. The zero-order valence-electron chi connectivity index (χ0n) is 20.4. The number of nitrogens with zero attached hydrogens (tertiary/aromatic N) is 2. The standard InChI is InChI=1S/C29H34N2O3S/c1-34-26-16-14-23(15-17-26)19-28(32)31(25-11-6-3-7-12-25)22-29(33)30(21-27-13-8-18-35-27)20-24-9-4-2-5-10-24/h2,4-5,8-10,13-18,25H,3,6-7,11-12,19-22H2,1H3. The van der Waals surface area contributed by atoms with Crippen LogP contribution in [0.2, 0.25) is 0 Å². The fourth-order valence-electron chi connectivity index (χ4n) is 4.71. The molecular weight excluding hydrogens is 456 g/mol. The Hall–Kier alpha value is -3.12. The highest BCUT2D eigenvalue weighted by molar-refractivity contribution is 7.09. The lowest BCUT2D eigenvalue weighted by Crippen LogP contribution is -2.48. The van der Waals surface area contributed by atoms with E-state index in [4.69, 9.17) is 4.74 Å². The summed E-state index contributed by atoms with van der Waals surface area (Å²) >= 11 is 1.65. The Labute approximate surface area is 212 Å². The first kappa shape index (κ1) is 25.0. The molecule has 35 heavy (non-hydrogen) atoms. The summed E-state index contributed by atoms with van der Waals surface area (Å²) in [5, 5.41) is 2.03. The minimum Gasteiger partial charge on any atom is -0.497 e. The number of hydrogen-bond acceptors (Lipinski definition) is 4. The maximum atomic E-state index is 13.7. The van der Waals surface area contributed by atoms with Gasteiger partial charge in [-0.1, -0.05) is 67.8 Å². The molecule has 6 heteroatoms. The maximum absolute atomic E-state index is 13.7. The van der Waals surface area contributed by atoms with Gasteiger partial charge in [-0.05, 0) is 47.5 Å². The Morgan fingerprint density at radius 1 is 0.857 bits per heavy atom. The van der Waals surface area contributed by atoms with E-state index < -0.39 is 0 Å². The second-order valence-electron chi connectivity index (χ2n) is 9.15. The van der Waals surface area contributed by atoms with Gasteiger partial charge in [0.05, 0.1) is 20.1 Å². The van der Waals surface area contributed by atoms with Crippen molar-refractivity contribution in [3.63, 3.8) is 0 Å². The fourth-order valence-corrected chi connectivity index (χ4v) is 5.43. The third-order valence-corrected chi connectivity index (χ3v) is 7.51. The van der Waals surface area contributed by atoms with Gasteiger partial charge in [0.2, 0.25) is 11.8 Å². The Balaban J connectivity index is 1.51. The number of carbonyl (C=O) groups is 2. The molecule has 1 saturated carbocycles. The van der Waals surface area contributed by atoms with Gasteiger partial charge in [-0.25, -0.2) is 0 Å². The van der Waals surface area contributed by atoms with E-state index in [0.29, 0.717) is 13.1 Å². The first-order valence-corrected chi connectivity index (χ1v) is 13.3. The molecule has 0 unspecified atom stereocenters. The van der Waals surface area contributed by atoms with Gasteiger partial charge in [0.1, 0.15) is 12.3 Å². The lowest BCUT2D eigenvalue weighted by Gasteiger charge is -2.35. The summed E-state index contributed by atoms with van der Waals surface area (Å²) in [7, 11) is 1.63. The molecule has 2 aromatic carbocycles. The topological polar surface area (TPSA) is 49.9 Å². The number of amides is 2. The molecular formula is C29H34N2O3S. The van der Waals surface area contributed by atoms with Gasteiger partial charge in [-0.2, -0.15) is 0 Å². The van der Waals surface area contributed by atoms with Crippen LogP contribution in [-0.2, 0) is 29.1 Å². The Morgan fingerprint density at radius 3 is 2.26 bits per heavy atom. The number of rotatable bonds is 10. The molecule has 1 fully saturated rings. The molecule has 0 bridgehead atoms. The number of carbonyl (C=O) groups excluding carboxylic acids is 2. The molecule has 0 radical (unpaired) electrons. The van der Waals surface area contributed by atoms with E-state index in [9.17, 15) is 9.59 Å². The van der Waals surface area contributed by atoms with Crippen LogP contribution >= 0.6 is 11.3 Å². The molecule has 0 atom stereocenters. The third kappa shape index (κ3) is 7.18. The van der Waals surface area contributed by atoms with Gasteiger partial charge < -0.3 is 14.5 Å². The van der Waals surface area contributed by atoms with E-state index in [2.05, 4.69) is 6.07 Å². The van der Waals surface area contributed by atoms with Gasteiger partial charge >= 0.3 is 0 Å². The van der Waals surface area contributed by atoms with Crippen LogP contribution in [0.15, 0.2) is 72.1 Å². The molecule has 3 aromatic rings. The average molecular weight is 491 g/mol. The highest BCUT2D eigenvalue weighted by Gasteiger charge is 2.29. The molecule has 1 aromatic heterocycles. The predicted octanol–water partition coefficient (Wildman–Crippen LogP) is 5.69. The third-order valence-electron chi connectivity index (χ3n) is 6.65. The Morgan fingerprint density at radius 2 is 1.60 bits per heavy atom. The first-order chi connectivity index (χ1) is 17.1. The second-order valence-corrected chi connectivity index (χ2v) is 10.2. The highest BCUT2D eigenvalue weighted by atomic mass is 32.1. The van der Waals surface area contributed by atoms with E-state index >= 15 is 0 Å². The van der Waals surface area contributed by atoms with Crippen molar-refractivity contribution in [2.75, 3.05) is 13.7 Å². The number of methoxy groups -OCH3 is 1. The number of thiophene rings is 1. The second kappa shape index (κ2) is 12.5. The lowest BCUT2D eigenvalue weighted by atomic mass is 9.93. The van der Waals surface area contributed by atoms with Crippen molar-refractivity contribution in [3.8, 4) is 5.75 Å². The summed E-state index contributed by atoms with van der Waals surface area (Å²) in [6.07, 6.45) is 5.62. The van der Waals surface area contributed by atoms with Crippen molar-refractivity contribution in [1.29, 1.82) is 0 Å². The van der Waals surface area contributed by atoms with Crippen LogP contribution in [0, 0.1) is 0 Å². The lowest BCUT2D eigenvalue weighted by molar-refractivity contribution is -0.143. The molecule has 0 N–H and O–H groups in total. The highest BCUT2D eigenvalue weighted by Crippen LogP contribution is 2.24. The van der Waals surface area contributed by atoms with Crippen LogP contribution < -0.4 is 4.74 Å². The van der Waals surface area contributed by atoms with Crippen LogP contribution in [0.5, 0.6) is 5.75 Å². The van der Waals surface area contributed by atoms with Crippen LogP contribution in [0.1, 0.15) is 48.1 Å². The van der Waals surface area contributed by atoms with E-state index in [-0.39, 0.29) is 30.8 Å². The average Bonchev–Trinajstić information content (AvgIpc) is 3.41. The van der Waals surface area contributed by atoms with E-state index in [1.807, 2.05) is 75.8 Å². The quantitative estimate of drug-likeness (QED) is 0.367. The summed E-state index contributed by atoms with van der Waals surface area (Å²) in [6.45, 7) is 1.21. The molecule has 0 saturated heterocycles. The van der Waals surface area contributed by atoms with Crippen molar-refractivity contribution >= 4 is 23.2 Å². The van der Waals surface area contributed by atoms with Crippen molar-refractivity contribution in [2.45, 2.75) is 57.7 Å². The van der Waals surface area contributed by atoms with Crippen molar-refractivity contribution in [2.24, 2.45) is 0 Å². The molecule has 1 aliphatic rings. The summed E-state index contributed by atoms with van der Waals surface area (Å²) in [5.74, 6) is 0.785.